The average Bonchev–Trinajstić information content (AvgIpc) is 3.10. The Labute approximate surface area is 180 Å². The van der Waals surface area contributed by atoms with E-state index in [0.29, 0.717) is 30.5 Å². The molecule has 4 atom stereocenters. The molecule has 0 radical (unpaired) electrons. The lowest BCUT2D eigenvalue weighted by molar-refractivity contribution is -0.143. The molecule has 2 aromatic rings. The lowest BCUT2D eigenvalue weighted by Crippen LogP contribution is -2.25. The number of alkyl halides is 6. The van der Waals surface area contributed by atoms with Crippen molar-refractivity contribution >= 4 is 5.78 Å². The molecule has 0 amide bonds. The summed E-state index contributed by atoms with van der Waals surface area (Å²) in [7, 11) is 0. The van der Waals surface area contributed by atoms with Gasteiger partial charge in [0.15, 0.2) is 0 Å². The van der Waals surface area contributed by atoms with Gasteiger partial charge in [-0.15, -0.1) is 0 Å². The molecule has 2 unspecified atom stereocenters. The van der Waals surface area contributed by atoms with Crippen LogP contribution in [0.2, 0.25) is 0 Å². The molecule has 3 rings (SSSR count). The van der Waals surface area contributed by atoms with Crippen LogP contribution < -0.4 is 0 Å². The molecule has 1 aliphatic carbocycles. The third-order valence-electron chi connectivity index (χ3n) is 5.83. The van der Waals surface area contributed by atoms with Crippen molar-refractivity contribution < 1.29 is 40.3 Å². The van der Waals surface area contributed by atoms with E-state index in [4.69, 9.17) is 4.74 Å². The molecule has 32 heavy (non-hydrogen) atoms. The molecule has 0 N–H and O–H groups in total. The van der Waals surface area contributed by atoms with Crippen molar-refractivity contribution in [3.63, 3.8) is 0 Å². The monoisotopic (exact) mass is 462 g/mol. The smallest absolute Gasteiger partial charge is 0.370 e. The second-order valence-electron chi connectivity index (χ2n) is 8.03. The second kappa shape index (κ2) is 8.84. The van der Waals surface area contributed by atoms with Crippen LogP contribution >= 0.6 is 0 Å². The number of carbonyl (C=O) groups is 1. The Bertz CT molecular complexity index is 932. The van der Waals surface area contributed by atoms with E-state index in [0.717, 1.165) is 0 Å². The Morgan fingerprint density at radius 3 is 1.94 bits per heavy atom. The zero-order valence-corrected chi connectivity index (χ0v) is 17.2. The van der Waals surface area contributed by atoms with Crippen LogP contribution in [-0.2, 0) is 21.9 Å². The minimum absolute atomic E-state index is 0.0683. The fourth-order valence-electron chi connectivity index (χ4n) is 4.26. The van der Waals surface area contributed by atoms with Crippen LogP contribution in [0.5, 0.6) is 0 Å². The Morgan fingerprint density at radius 2 is 1.47 bits per heavy atom. The van der Waals surface area contributed by atoms with E-state index in [9.17, 15) is 35.5 Å². The quantitative estimate of drug-likeness (QED) is 0.444. The first-order valence-electron chi connectivity index (χ1n) is 9.98. The number of benzene rings is 2. The topological polar surface area (TPSA) is 26.3 Å². The number of ketones is 1. The van der Waals surface area contributed by atoms with Gasteiger partial charge in [-0.25, -0.2) is 4.39 Å². The molecule has 174 valence electrons. The largest absolute Gasteiger partial charge is 0.416 e. The van der Waals surface area contributed by atoms with Gasteiger partial charge in [-0.1, -0.05) is 12.1 Å². The van der Waals surface area contributed by atoms with Crippen LogP contribution in [0.1, 0.15) is 61.0 Å². The average molecular weight is 462 g/mol. The normalized spacial score (nSPS) is 22.7. The van der Waals surface area contributed by atoms with E-state index in [1.165, 1.54) is 38.1 Å². The number of hydrogen-bond acceptors (Lipinski definition) is 2. The Hall–Kier alpha value is -2.42. The number of hydrogen-bond donors (Lipinski definition) is 0. The van der Waals surface area contributed by atoms with Gasteiger partial charge in [0.05, 0.1) is 23.3 Å². The highest BCUT2D eigenvalue weighted by Gasteiger charge is 2.42. The summed E-state index contributed by atoms with van der Waals surface area (Å²) in [5.74, 6) is -1.51. The summed E-state index contributed by atoms with van der Waals surface area (Å²) in [6.45, 7) is 2.79. The highest BCUT2D eigenvalue weighted by molar-refractivity contribution is 5.80. The number of ether oxygens (including phenoxy) is 1. The lowest BCUT2D eigenvalue weighted by atomic mass is 9.85. The minimum Gasteiger partial charge on any atom is -0.370 e. The number of rotatable bonds is 5. The predicted octanol–water partition coefficient (Wildman–Crippen LogP) is 7.09. The van der Waals surface area contributed by atoms with E-state index in [1.54, 1.807) is 0 Å². The zero-order chi connectivity index (χ0) is 23.8. The fourth-order valence-corrected chi connectivity index (χ4v) is 4.26. The van der Waals surface area contributed by atoms with E-state index in [2.05, 4.69) is 0 Å². The van der Waals surface area contributed by atoms with Crippen molar-refractivity contribution in [3.05, 3.63) is 70.5 Å². The maximum absolute atomic E-state index is 13.3. The molecule has 0 aliphatic heterocycles. The molecule has 0 saturated heterocycles. The lowest BCUT2D eigenvalue weighted by Gasteiger charge is -2.28. The van der Waals surface area contributed by atoms with Crippen LogP contribution in [-0.4, -0.2) is 11.9 Å². The van der Waals surface area contributed by atoms with Crippen LogP contribution in [0.3, 0.4) is 0 Å². The van der Waals surface area contributed by atoms with Crippen molar-refractivity contribution in [1.29, 1.82) is 0 Å². The Balaban J connectivity index is 1.93. The third kappa shape index (κ3) is 5.31. The summed E-state index contributed by atoms with van der Waals surface area (Å²) in [4.78, 5) is 12.1. The molecule has 2 nitrogen and oxygen atoms in total. The van der Waals surface area contributed by atoms with E-state index in [-0.39, 0.29) is 17.4 Å². The van der Waals surface area contributed by atoms with Crippen LogP contribution in [0.25, 0.3) is 0 Å². The third-order valence-corrected chi connectivity index (χ3v) is 5.83. The van der Waals surface area contributed by atoms with Gasteiger partial charge >= 0.3 is 12.4 Å². The predicted molar refractivity (Wildman–Crippen MR) is 102 cm³/mol. The summed E-state index contributed by atoms with van der Waals surface area (Å²) in [5, 5.41) is 0. The maximum Gasteiger partial charge on any atom is 0.416 e. The molecule has 1 saturated carbocycles. The van der Waals surface area contributed by atoms with E-state index >= 15 is 0 Å². The van der Waals surface area contributed by atoms with Crippen LogP contribution in [0, 0.1) is 11.7 Å². The van der Waals surface area contributed by atoms with E-state index in [1.807, 2.05) is 0 Å². The second-order valence-corrected chi connectivity index (χ2v) is 8.03. The van der Waals surface area contributed by atoms with E-state index < -0.39 is 53.3 Å². The molecular formula is C23H21F7O2. The van der Waals surface area contributed by atoms with Crippen molar-refractivity contribution in [2.75, 3.05) is 0 Å². The van der Waals surface area contributed by atoms with Gasteiger partial charge in [0.25, 0.3) is 0 Å². The highest BCUT2D eigenvalue weighted by Crippen LogP contribution is 2.45. The molecule has 0 aromatic heterocycles. The Morgan fingerprint density at radius 1 is 0.938 bits per heavy atom. The molecule has 1 fully saturated rings. The molecular weight excluding hydrogens is 441 g/mol. The van der Waals surface area contributed by atoms with Crippen LogP contribution in [0.4, 0.5) is 30.7 Å². The first-order valence-corrected chi connectivity index (χ1v) is 9.98. The van der Waals surface area contributed by atoms with Gasteiger partial charge in [0.1, 0.15) is 11.6 Å². The van der Waals surface area contributed by atoms with Gasteiger partial charge in [-0.2, -0.15) is 26.3 Å². The summed E-state index contributed by atoms with van der Waals surface area (Å²) in [6.07, 6.45) is -10.8. The first kappa shape index (κ1) is 24.2. The molecule has 0 bridgehead atoms. The van der Waals surface area contributed by atoms with Crippen molar-refractivity contribution in [2.45, 2.75) is 57.2 Å². The van der Waals surface area contributed by atoms with Crippen LogP contribution in [0.15, 0.2) is 42.5 Å². The summed E-state index contributed by atoms with van der Waals surface area (Å²) >= 11 is 0. The van der Waals surface area contributed by atoms with Gasteiger partial charge in [0, 0.05) is 11.8 Å². The number of Topliss-reactive ketones (excluding diaryl/α,β-unsaturated/α-hetero) is 1. The Kier molecular flexibility index (Phi) is 6.70. The van der Waals surface area contributed by atoms with Crippen molar-refractivity contribution in [3.8, 4) is 0 Å². The summed E-state index contributed by atoms with van der Waals surface area (Å²) < 4.78 is 98.4. The first-order chi connectivity index (χ1) is 14.8. The summed E-state index contributed by atoms with van der Waals surface area (Å²) in [6, 6.07) is 6.83. The molecule has 0 heterocycles. The van der Waals surface area contributed by atoms with Crippen molar-refractivity contribution in [2.24, 2.45) is 5.92 Å². The number of halogens is 7. The van der Waals surface area contributed by atoms with Gasteiger partial charge in [-0.3, -0.25) is 4.79 Å². The van der Waals surface area contributed by atoms with Crippen molar-refractivity contribution in [1.82, 2.24) is 0 Å². The maximum atomic E-state index is 13.3. The molecule has 1 aliphatic rings. The van der Waals surface area contributed by atoms with Gasteiger partial charge in [0.2, 0.25) is 0 Å². The molecule has 2 aromatic carbocycles. The number of carbonyl (C=O) groups excluding carboxylic acids is 1. The van der Waals surface area contributed by atoms with Gasteiger partial charge < -0.3 is 4.74 Å². The minimum atomic E-state index is -4.96. The standard InChI is InChI=1S/C23H21F7O2/c1-12(31)19-7-8-20(21(19)14-3-5-18(24)6-4-14)32-13(2)15-9-16(22(25,26)27)11-17(10-15)23(28,29)30/h3-6,9-11,13,19-21H,7-8H2,1-2H3/t13-,19?,20?,21+/m1/s1. The molecule has 0 spiro atoms. The molecule has 9 heteroatoms. The SMILES string of the molecule is CC(=O)C1CCC(O[C@H](C)c2cc(C(F)(F)F)cc(C(F)(F)F)c2)[C@H]1c1ccc(F)cc1. The summed E-state index contributed by atoms with van der Waals surface area (Å²) in [5.41, 5.74) is -2.47. The fraction of sp³-hybridized carbons (Fsp3) is 0.435. The zero-order valence-electron chi connectivity index (χ0n) is 17.2. The van der Waals surface area contributed by atoms with Gasteiger partial charge in [-0.05, 0) is 68.1 Å². The highest BCUT2D eigenvalue weighted by atomic mass is 19.4.